The number of nitrogens with zero attached hydrogens (tertiary/aromatic N) is 2. The Kier molecular flexibility index (Phi) is 2.19. The van der Waals surface area contributed by atoms with Crippen LogP contribution in [-0.2, 0) is 13.2 Å². The Morgan fingerprint density at radius 1 is 1.38 bits per heavy atom. The molecule has 1 rings (SSSR count). The second-order valence-corrected chi connectivity index (χ2v) is 2.30. The Morgan fingerprint density at radius 3 is 2.23 bits per heavy atom. The molecule has 13 heavy (non-hydrogen) atoms. The van der Waals surface area contributed by atoms with E-state index in [4.69, 9.17) is 0 Å². The van der Waals surface area contributed by atoms with Gasteiger partial charge >= 0.3 is 6.18 Å². The molecule has 0 unspecified atom stereocenters. The first kappa shape index (κ1) is 9.82. The lowest BCUT2D eigenvalue weighted by Crippen LogP contribution is -2.08. The summed E-state index contributed by atoms with van der Waals surface area (Å²) in [6.07, 6.45) is -4.79. The van der Waals surface area contributed by atoms with E-state index < -0.39 is 23.6 Å². The highest BCUT2D eigenvalue weighted by molar-refractivity contribution is 5.27. The van der Waals surface area contributed by atoms with Crippen LogP contribution in [0.5, 0.6) is 5.88 Å². The summed E-state index contributed by atoms with van der Waals surface area (Å²) in [5, 5.41) is 3.19. The Morgan fingerprint density at radius 2 is 1.92 bits per heavy atom. The fourth-order valence-electron chi connectivity index (χ4n) is 0.861. The van der Waals surface area contributed by atoms with E-state index in [9.17, 15) is 17.6 Å². The molecule has 0 aliphatic heterocycles. The van der Waals surface area contributed by atoms with Gasteiger partial charge in [0.15, 0.2) is 5.56 Å². The van der Waals surface area contributed by atoms with Gasteiger partial charge in [-0.25, -0.2) is 4.68 Å². The molecule has 7 heteroatoms. The third kappa shape index (κ3) is 1.58. The normalized spacial score (nSPS) is 11.8. The van der Waals surface area contributed by atoms with Crippen molar-refractivity contribution in [1.82, 2.24) is 9.78 Å². The van der Waals surface area contributed by atoms with E-state index in [1.165, 1.54) is 0 Å². The van der Waals surface area contributed by atoms with E-state index in [1.54, 1.807) is 0 Å². The Labute approximate surface area is 70.9 Å². The van der Waals surface area contributed by atoms with Crippen LogP contribution in [0.15, 0.2) is 0 Å². The van der Waals surface area contributed by atoms with E-state index in [-0.39, 0.29) is 0 Å². The van der Waals surface area contributed by atoms with Gasteiger partial charge in [0.25, 0.3) is 0 Å². The summed E-state index contributed by atoms with van der Waals surface area (Å²) in [7, 11) is 2.06. The largest absolute Gasteiger partial charge is 0.479 e. The van der Waals surface area contributed by atoms with Crippen LogP contribution in [0.3, 0.4) is 0 Å². The molecule has 1 aromatic heterocycles. The number of aromatic nitrogens is 2. The second kappa shape index (κ2) is 2.90. The second-order valence-electron chi connectivity index (χ2n) is 2.30. The number of hydrogen-bond donors (Lipinski definition) is 0. The molecule has 0 aromatic carbocycles. The number of hydrogen-bond acceptors (Lipinski definition) is 2. The van der Waals surface area contributed by atoms with E-state index in [0.29, 0.717) is 4.68 Å². The number of alkyl halides is 3. The Bertz CT molecular complexity index is 317. The molecule has 0 fully saturated rings. The molecule has 0 N–H and O–H groups in total. The zero-order valence-electron chi connectivity index (χ0n) is 6.81. The van der Waals surface area contributed by atoms with E-state index in [0.717, 1.165) is 14.2 Å². The number of halogens is 4. The number of aryl methyl sites for hydroxylation is 1. The van der Waals surface area contributed by atoms with Gasteiger partial charge in [0, 0.05) is 7.05 Å². The molecule has 3 nitrogen and oxygen atoms in total. The zero-order chi connectivity index (χ0) is 10.2. The third-order valence-corrected chi connectivity index (χ3v) is 1.42. The van der Waals surface area contributed by atoms with Gasteiger partial charge in [0.1, 0.15) is 0 Å². The molecule has 1 aromatic rings. The third-order valence-electron chi connectivity index (χ3n) is 1.42. The maximum Gasteiger partial charge on any atom is 0.426 e. The van der Waals surface area contributed by atoms with E-state index in [1.807, 2.05) is 0 Å². The molecule has 0 spiro atoms. The van der Waals surface area contributed by atoms with Gasteiger partial charge in [-0.1, -0.05) is 0 Å². The fraction of sp³-hybridized carbons (Fsp3) is 0.500. The lowest BCUT2D eigenvalue weighted by atomic mass is 10.3. The van der Waals surface area contributed by atoms with Crippen LogP contribution in [0.4, 0.5) is 17.6 Å². The summed E-state index contributed by atoms with van der Waals surface area (Å²) in [4.78, 5) is 0. The van der Waals surface area contributed by atoms with Crippen LogP contribution in [0.25, 0.3) is 0 Å². The monoisotopic (exact) mass is 198 g/mol. The molecular formula is C6H6F4N2O. The van der Waals surface area contributed by atoms with Crippen LogP contribution in [-0.4, -0.2) is 16.9 Å². The highest BCUT2D eigenvalue weighted by Gasteiger charge is 2.41. The van der Waals surface area contributed by atoms with Gasteiger partial charge < -0.3 is 4.74 Å². The van der Waals surface area contributed by atoms with Gasteiger partial charge in [-0.15, -0.1) is 5.10 Å². The molecule has 0 aliphatic carbocycles. The number of ether oxygens (including phenoxy) is 1. The Hall–Kier alpha value is -1.27. The van der Waals surface area contributed by atoms with Crippen LogP contribution in [0.2, 0.25) is 0 Å². The van der Waals surface area contributed by atoms with Crippen molar-refractivity contribution in [3.05, 3.63) is 11.5 Å². The Balaban J connectivity index is 3.33. The van der Waals surface area contributed by atoms with Gasteiger partial charge in [-0.2, -0.15) is 17.6 Å². The topological polar surface area (TPSA) is 27.1 Å². The first-order valence-electron chi connectivity index (χ1n) is 3.21. The van der Waals surface area contributed by atoms with Crippen molar-refractivity contribution in [3.63, 3.8) is 0 Å². The van der Waals surface area contributed by atoms with Crippen molar-refractivity contribution in [1.29, 1.82) is 0 Å². The van der Waals surface area contributed by atoms with Crippen LogP contribution < -0.4 is 4.74 Å². The standard InChI is InChI=1S/C6H6F4N2O/c1-12-4(7)3(6(8,9)10)5(11-12)13-2/h1-2H3. The smallest absolute Gasteiger partial charge is 0.426 e. The van der Waals surface area contributed by atoms with Crippen LogP contribution in [0.1, 0.15) is 5.56 Å². The van der Waals surface area contributed by atoms with E-state index >= 15 is 0 Å². The molecule has 0 saturated heterocycles. The molecule has 0 bridgehead atoms. The highest BCUT2D eigenvalue weighted by atomic mass is 19.4. The van der Waals surface area contributed by atoms with Crippen LogP contribution in [0, 0.1) is 5.95 Å². The van der Waals surface area contributed by atoms with E-state index in [2.05, 4.69) is 9.84 Å². The number of rotatable bonds is 1. The quantitative estimate of drug-likeness (QED) is 0.640. The van der Waals surface area contributed by atoms with Crippen molar-refractivity contribution in [2.24, 2.45) is 7.05 Å². The van der Waals surface area contributed by atoms with Gasteiger partial charge in [0.05, 0.1) is 7.11 Å². The predicted molar refractivity (Wildman–Crippen MR) is 34.7 cm³/mol. The molecule has 0 aliphatic rings. The average Bonchev–Trinajstić information content (AvgIpc) is 2.26. The molecular weight excluding hydrogens is 192 g/mol. The van der Waals surface area contributed by atoms with Crippen molar-refractivity contribution >= 4 is 0 Å². The first-order valence-corrected chi connectivity index (χ1v) is 3.21. The average molecular weight is 198 g/mol. The van der Waals surface area contributed by atoms with Gasteiger partial charge in [0.2, 0.25) is 11.8 Å². The lowest BCUT2D eigenvalue weighted by Gasteiger charge is -2.04. The summed E-state index contributed by atoms with van der Waals surface area (Å²) in [5.41, 5.74) is -1.47. The maximum atomic E-state index is 12.8. The molecule has 1 heterocycles. The minimum Gasteiger partial charge on any atom is -0.479 e. The molecule has 0 saturated carbocycles. The van der Waals surface area contributed by atoms with Crippen molar-refractivity contribution < 1.29 is 22.3 Å². The van der Waals surface area contributed by atoms with Gasteiger partial charge in [-0.05, 0) is 0 Å². The van der Waals surface area contributed by atoms with Crippen molar-refractivity contribution in [2.45, 2.75) is 6.18 Å². The minimum absolute atomic E-state index is 0.474. The summed E-state index contributed by atoms with van der Waals surface area (Å²) in [6, 6.07) is 0. The lowest BCUT2D eigenvalue weighted by molar-refractivity contribution is -0.141. The number of methoxy groups -OCH3 is 1. The molecule has 0 radical (unpaired) electrons. The predicted octanol–water partition coefficient (Wildman–Crippen LogP) is 1.59. The van der Waals surface area contributed by atoms with Gasteiger partial charge in [-0.3, -0.25) is 0 Å². The SMILES string of the molecule is COc1nn(C)c(F)c1C(F)(F)F. The van der Waals surface area contributed by atoms with Crippen LogP contribution >= 0.6 is 0 Å². The highest BCUT2D eigenvalue weighted by Crippen LogP contribution is 2.37. The van der Waals surface area contributed by atoms with Crippen molar-refractivity contribution in [3.8, 4) is 5.88 Å². The maximum absolute atomic E-state index is 12.8. The fourth-order valence-corrected chi connectivity index (χ4v) is 0.861. The molecule has 0 atom stereocenters. The summed E-state index contributed by atoms with van der Waals surface area (Å²) in [5.74, 6) is -2.21. The molecule has 74 valence electrons. The van der Waals surface area contributed by atoms with Crippen molar-refractivity contribution in [2.75, 3.05) is 7.11 Å². The summed E-state index contributed by atoms with van der Waals surface area (Å²) in [6.45, 7) is 0. The first-order chi connectivity index (χ1) is 5.88. The summed E-state index contributed by atoms with van der Waals surface area (Å²) < 4.78 is 54.0. The minimum atomic E-state index is -4.79. The molecule has 0 amide bonds. The zero-order valence-corrected chi connectivity index (χ0v) is 6.81. The summed E-state index contributed by atoms with van der Waals surface area (Å²) >= 11 is 0.